The maximum absolute atomic E-state index is 11.5. The number of aryl methyl sites for hydroxylation is 1. The molecular formula is C8H15N3O2S. The van der Waals surface area contributed by atoms with E-state index in [9.17, 15) is 8.42 Å². The summed E-state index contributed by atoms with van der Waals surface area (Å²) in [4.78, 5) is 0. The Kier molecular flexibility index (Phi) is 3.51. The van der Waals surface area contributed by atoms with Crippen LogP contribution in [-0.4, -0.2) is 24.0 Å². The van der Waals surface area contributed by atoms with Gasteiger partial charge in [0.25, 0.3) is 0 Å². The molecule has 0 fully saturated rings. The first-order chi connectivity index (χ1) is 6.55. The van der Waals surface area contributed by atoms with E-state index in [1.165, 1.54) is 4.68 Å². The second-order valence-corrected chi connectivity index (χ2v) is 4.96. The van der Waals surface area contributed by atoms with Gasteiger partial charge in [0, 0.05) is 13.1 Å². The number of anilines is 1. The van der Waals surface area contributed by atoms with E-state index in [-0.39, 0.29) is 5.75 Å². The number of aromatic nitrogens is 2. The molecule has 6 heteroatoms. The van der Waals surface area contributed by atoms with Gasteiger partial charge in [-0.25, -0.2) is 8.42 Å². The smallest absolute Gasteiger partial charge is 0.233 e. The van der Waals surface area contributed by atoms with Crippen molar-refractivity contribution in [2.75, 3.05) is 10.5 Å². The second-order valence-electron chi connectivity index (χ2n) is 3.11. The van der Waals surface area contributed by atoms with Gasteiger partial charge in [0.1, 0.15) is 5.82 Å². The molecule has 0 radical (unpaired) electrons. The molecule has 0 bridgehead atoms. The first-order valence-corrected chi connectivity index (χ1v) is 6.19. The standard InChI is InChI=1S/C8H15N3O2S/c1-3-4-7-14(12,13)10-8-5-6-9-11(8)2/h5-6,10H,3-4,7H2,1-2H3. The molecular weight excluding hydrogens is 202 g/mol. The van der Waals surface area contributed by atoms with Crippen LogP contribution in [0.4, 0.5) is 5.82 Å². The molecule has 0 aliphatic carbocycles. The summed E-state index contributed by atoms with van der Waals surface area (Å²) >= 11 is 0. The molecule has 5 nitrogen and oxygen atoms in total. The van der Waals surface area contributed by atoms with Gasteiger partial charge in [-0.2, -0.15) is 5.10 Å². The molecule has 0 saturated heterocycles. The van der Waals surface area contributed by atoms with Crippen LogP contribution in [0.2, 0.25) is 0 Å². The summed E-state index contributed by atoms with van der Waals surface area (Å²) < 4.78 is 26.9. The van der Waals surface area contributed by atoms with E-state index in [1.807, 2.05) is 6.92 Å². The Morgan fingerprint density at radius 1 is 1.57 bits per heavy atom. The highest BCUT2D eigenvalue weighted by Gasteiger charge is 2.10. The largest absolute Gasteiger partial charge is 0.268 e. The van der Waals surface area contributed by atoms with Crippen LogP contribution in [-0.2, 0) is 17.1 Å². The van der Waals surface area contributed by atoms with Crippen LogP contribution in [0.3, 0.4) is 0 Å². The van der Waals surface area contributed by atoms with Gasteiger partial charge in [-0.1, -0.05) is 13.3 Å². The van der Waals surface area contributed by atoms with Gasteiger partial charge in [0.05, 0.1) is 11.9 Å². The normalized spacial score (nSPS) is 11.6. The summed E-state index contributed by atoms with van der Waals surface area (Å²) in [6.45, 7) is 1.96. The lowest BCUT2D eigenvalue weighted by Gasteiger charge is -2.06. The minimum atomic E-state index is -3.20. The topological polar surface area (TPSA) is 64.0 Å². The quantitative estimate of drug-likeness (QED) is 0.799. The molecule has 0 unspecified atom stereocenters. The molecule has 0 aliphatic rings. The number of sulfonamides is 1. The van der Waals surface area contributed by atoms with Crippen molar-refractivity contribution in [1.82, 2.24) is 9.78 Å². The molecule has 0 amide bonds. The molecule has 80 valence electrons. The Bertz CT molecular complexity index is 383. The average molecular weight is 217 g/mol. The van der Waals surface area contributed by atoms with E-state index < -0.39 is 10.0 Å². The fraction of sp³-hybridized carbons (Fsp3) is 0.625. The average Bonchev–Trinajstić information content (AvgIpc) is 2.48. The molecule has 1 aromatic heterocycles. The van der Waals surface area contributed by atoms with Crippen molar-refractivity contribution < 1.29 is 8.42 Å². The Balaban J connectivity index is 2.64. The van der Waals surface area contributed by atoms with Crippen molar-refractivity contribution in [2.24, 2.45) is 7.05 Å². The lowest BCUT2D eigenvalue weighted by atomic mass is 10.4. The van der Waals surface area contributed by atoms with E-state index in [0.29, 0.717) is 12.2 Å². The van der Waals surface area contributed by atoms with Crippen LogP contribution in [0.25, 0.3) is 0 Å². The molecule has 14 heavy (non-hydrogen) atoms. The van der Waals surface area contributed by atoms with Crippen molar-refractivity contribution in [1.29, 1.82) is 0 Å². The van der Waals surface area contributed by atoms with Crippen molar-refractivity contribution in [2.45, 2.75) is 19.8 Å². The van der Waals surface area contributed by atoms with Gasteiger partial charge in [-0.15, -0.1) is 0 Å². The maximum atomic E-state index is 11.5. The molecule has 0 aliphatic heterocycles. The van der Waals surface area contributed by atoms with Gasteiger partial charge in [0.2, 0.25) is 10.0 Å². The van der Waals surface area contributed by atoms with Crippen LogP contribution < -0.4 is 4.72 Å². The number of hydrogen-bond acceptors (Lipinski definition) is 3. The predicted molar refractivity (Wildman–Crippen MR) is 55.5 cm³/mol. The van der Waals surface area contributed by atoms with E-state index >= 15 is 0 Å². The zero-order chi connectivity index (χ0) is 10.6. The van der Waals surface area contributed by atoms with Crippen LogP contribution in [0.15, 0.2) is 12.3 Å². The fourth-order valence-electron chi connectivity index (χ4n) is 1.02. The summed E-state index contributed by atoms with van der Waals surface area (Å²) in [7, 11) is -1.51. The molecule has 0 aromatic carbocycles. The first kappa shape index (κ1) is 11.0. The zero-order valence-electron chi connectivity index (χ0n) is 8.40. The Morgan fingerprint density at radius 3 is 2.79 bits per heavy atom. The number of nitrogens with zero attached hydrogens (tertiary/aromatic N) is 2. The highest BCUT2D eigenvalue weighted by Crippen LogP contribution is 2.07. The molecule has 0 atom stereocenters. The molecule has 0 spiro atoms. The van der Waals surface area contributed by atoms with Crippen molar-refractivity contribution in [3.63, 3.8) is 0 Å². The third-order valence-electron chi connectivity index (χ3n) is 1.85. The Labute approximate surface area is 84.2 Å². The monoisotopic (exact) mass is 217 g/mol. The van der Waals surface area contributed by atoms with Gasteiger partial charge in [-0.3, -0.25) is 9.40 Å². The zero-order valence-corrected chi connectivity index (χ0v) is 9.21. The van der Waals surface area contributed by atoms with Crippen LogP contribution >= 0.6 is 0 Å². The fourth-order valence-corrected chi connectivity index (χ4v) is 2.31. The highest BCUT2D eigenvalue weighted by molar-refractivity contribution is 7.92. The first-order valence-electron chi connectivity index (χ1n) is 4.53. The predicted octanol–water partition coefficient (Wildman–Crippen LogP) is 0.962. The summed E-state index contributed by atoms with van der Waals surface area (Å²) in [5.74, 6) is 0.662. The summed E-state index contributed by atoms with van der Waals surface area (Å²) in [6, 6.07) is 1.63. The number of hydrogen-bond donors (Lipinski definition) is 1. The number of unbranched alkanes of at least 4 members (excludes halogenated alkanes) is 1. The van der Waals surface area contributed by atoms with E-state index in [4.69, 9.17) is 0 Å². The van der Waals surface area contributed by atoms with Gasteiger partial charge in [-0.05, 0) is 6.42 Å². The Morgan fingerprint density at radius 2 is 2.29 bits per heavy atom. The maximum Gasteiger partial charge on any atom is 0.233 e. The number of rotatable bonds is 5. The number of nitrogens with one attached hydrogen (secondary N) is 1. The highest BCUT2D eigenvalue weighted by atomic mass is 32.2. The van der Waals surface area contributed by atoms with Crippen molar-refractivity contribution in [3.05, 3.63) is 12.3 Å². The molecule has 1 N–H and O–H groups in total. The SMILES string of the molecule is CCCCS(=O)(=O)Nc1ccnn1C. The van der Waals surface area contributed by atoms with Crippen molar-refractivity contribution >= 4 is 15.8 Å². The van der Waals surface area contributed by atoms with E-state index in [2.05, 4.69) is 9.82 Å². The lowest BCUT2D eigenvalue weighted by Crippen LogP contribution is -2.18. The van der Waals surface area contributed by atoms with E-state index in [1.54, 1.807) is 19.3 Å². The van der Waals surface area contributed by atoms with Gasteiger partial charge >= 0.3 is 0 Å². The van der Waals surface area contributed by atoms with E-state index in [0.717, 1.165) is 6.42 Å². The molecule has 1 heterocycles. The third-order valence-corrected chi connectivity index (χ3v) is 3.19. The Hall–Kier alpha value is -1.04. The van der Waals surface area contributed by atoms with Crippen LogP contribution in [0.1, 0.15) is 19.8 Å². The molecule has 0 saturated carbocycles. The summed E-state index contributed by atoms with van der Waals surface area (Å²) in [5, 5.41) is 3.87. The van der Waals surface area contributed by atoms with Gasteiger partial charge < -0.3 is 0 Å². The summed E-state index contributed by atoms with van der Waals surface area (Å²) in [5.41, 5.74) is 0. The van der Waals surface area contributed by atoms with Gasteiger partial charge in [0.15, 0.2) is 0 Å². The van der Waals surface area contributed by atoms with Crippen molar-refractivity contribution in [3.8, 4) is 0 Å². The minimum absolute atomic E-state index is 0.161. The second kappa shape index (κ2) is 4.45. The van der Waals surface area contributed by atoms with Crippen LogP contribution in [0.5, 0.6) is 0 Å². The third kappa shape index (κ3) is 3.02. The lowest BCUT2D eigenvalue weighted by molar-refractivity contribution is 0.597. The minimum Gasteiger partial charge on any atom is -0.268 e. The van der Waals surface area contributed by atoms with Crippen LogP contribution in [0, 0.1) is 0 Å². The molecule has 1 rings (SSSR count). The summed E-state index contributed by atoms with van der Waals surface area (Å²) in [6.07, 6.45) is 3.09. The molecule has 1 aromatic rings.